The molecule has 1 aromatic carbocycles. The summed E-state index contributed by atoms with van der Waals surface area (Å²) in [5.74, 6) is -1.42. The highest BCUT2D eigenvalue weighted by atomic mass is 19.4. The van der Waals surface area contributed by atoms with Crippen molar-refractivity contribution in [3.63, 3.8) is 0 Å². The number of hydrogen-bond donors (Lipinski definition) is 2. The van der Waals surface area contributed by atoms with Crippen LogP contribution in [0.3, 0.4) is 0 Å². The van der Waals surface area contributed by atoms with Gasteiger partial charge in [0.15, 0.2) is 12.3 Å². The Hall–Kier alpha value is -3.51. The van der Waals surface area contributed by atoms with Crippen molar-refractivity contribution in [2.75, 3.05) is 6.61 Å². The van der Waals surface area contributed by atoms with Crippen molar-refractivity contribution in [1.29, 1.82) is 0 Å². The van der Waals surface area contributed by atoms with Gasteiger partial charge in [-0.25, -0.2) is 4.98 Å². The maximum atomic E-state index is 12.5. The van der Waals surface area contributed by atoms with Crippen LogP contribution in [0.25, 0.3) is 10.9 Å². The highest BCUT2D eigenvalue weighted by Gasteiger charge is 2.31. The van der Waals surface area contributed by atoms with Gasteiger partial charge in [-0.15, -0.1) is 13.2 Å². The number of H-pyrrole nitrogens is 1. The molecule has 0 spiro atoms. The Morgan fingerprint density at radius 3 is 2.58 bits per heavy atom. The van der Waals surface area contributed by atoms with E-state index in [0.717, 1.165) is 12.1 Å². The highest BCUT2D eigenvalue weighted by molar-refractivity contribution is 6.05. The number of halogens is 6. The summed E-state index contributed by atoms with van der Waals surface area (Å²) in [6.45, 7) is 0.0292. The topological polar surface area (TPSA) is 89.1 Å². The van der Waals surface area contributed by atoms with E-state index in [4.69, 9.17) is 0 Å². The number of amides is 1. The fourth-order valence-corrected chi connectivity index (χ4v) is 2.62. The summed E-state index contributed by atoms with van der Waals surface area (Å²) in [6.07, 6.45) is -9.39. The summed E-state index contributed by atoms with van der Waals surface area (Å²) in [4.78, 5) is 16.5. The molecule has 0 aliphatic heterocycles. The van der Waals surface area contributed by atoms with Crippen LogP contribution in [0.2, 0.25) is 0 Å². The highest BCUT2D eigenvalue weighted by Crippen LogP contribution is 2.27. The average Bonchev–Trinajstić information content (AvgIpc) is 3.08. The molecule has 0 unspecified atom stereocenters. The molecule has 0 saturated carbocycles. The minimum Gasteiger partial charge on any atom is -0.468 e. The number of pyridine rings is 1. The maximum absolute atomic E-state index is 12.5. The van der Waals surface area contributed by atoms with Crippen molar-refractivity contribution < 1.29 is 40.6 Å². The first-order valence-corrected chi connectivity index (χ1v) is 8.62. The molecule has 3 aromatic rings. The Bertz CT molecular complexity index is 1080. The summed E-state index contributed by atoms with van der Waals surface area (Å²) in [5, 5.41) is 9.07. The summed E-state index contributed by atoms with van der Waals surface area (Å²) < 4.78 is 82.2. The maximum Gasteiger partial charge on any atom is 0.573 e. The first-order chi connectivity index (χ1) is 14.4. The van der Waals surface area contributed by atoms with Gasteiger partial charge in [0.1, 0.15) is 5.75 Å². The number of nitrogens with one attached hydrogen (secondary N) is 2. The van der Waals surface area contributed by atoms with Crippen molar-refractivity contribution >= 4 is 16.8 Å². The number of hydrogen-bond acceptors (Lipinski definition) is 5. The number of carbonyl (C=O) groups is 1. The van der Waals surface area contributed by atoms with Gasteiger partial charge in [0, 0.05) is 17.5 Å². The number of aromatic amines is 1. The van der Waals surface area contributed by atoms with Crippen LogP contribution < -0.4 is 14.8 Å². The van der Waals surface area contributed by atoms with E-state index in [1.54, 1.807) is 0 Å². The fourth-order valence-electron chi connectivity index (χ4n) is 2.62. The lowest BCUT2D eigenvalue weighted by molar-refractivity contribution is -0.274. The molecular weight excluding hydrogens is 434 g/mol. The van der Waals surface area contributed by atoms with Crippen LogP contribution in [0.15, 0.2) is 36.4 Å². The normalized spacial score (nSPS) is 13.1. The van der Waals surface area contributed by atoms with Crippen LogP contribution in [-0.4, -0.2) is 40.2 Å². The number of rotatable bonds is 6. The van der Waals surface area contributed by atoms with Crippen LogP contribution in [0.5, 0.6) is 11.6 Å². The molecular formula is C18H14F6N4O3. The third kappa shape index (κ3) is 5.99. The Morgan fingerprint density at radius 1 is 1.16 bits per heavy atom. The van der Waals surface area contributed by atoms with Crippen molar-refractivity contribution in [2.45, 2.75) is 25.5 Å². The van der Waals surface area contributed by atoms with Crippen LogP contribution in [0.1, 0.15) is 29.1 Å². The molecule has 1 amide bonds. The van der Waals surface area contributed by atoms with E-state index in [-0.39, 0.29) is 28.2 Å². The van der Waals surface area contributed by atoms with Gasteiger partial charge in [-0.1, -0.05) is 6.07 Å². The molecule has 0 saturated heterocycles. The molecule has 0 radical (unpaired) electrons. The number of alkyl halides is 6. The largest absolute Gasteiger partial charge is 0.573 e. The molecule has 0 aliphatic carbocycles. The minimum atomic E-state index is -4.87. The van der Waals surface area contributed by atoms with E-state index in [0.29, 0.717) is 0 Å². The van der Waals surface area contributed by atoms with Crippen molar-refractivity contribution in [3.05, 3.63) is 47.8 Å². The summed E-state index contributed by atoms with van der Waals surface area (Å²) >= 11 is 0. The SMILES string of the molecule is C[C@@H](NC(=O)c1n[nH]c2cc(OC(F)(F)F)ccc12)c1cccc(OCC(F)(F)F)n1. The van der Waals surface area contributed by atoms with Gasteiger partial charge in [0.2, 0.25) is 5.88 Å². The second kappa shape index (κ2) is 8.32. The van der Waals surface area contributed by atoms with E-state index in [1.807, 2.05) is 0 Å². The van der Waals surface area contributed by atoms with Gasteiger partial charge in [0.25, 0.3) is 5.91 Å². The lowest BCUT2D eigenvalue weighted by atomic mass is 10.1. The van der Waals surface area contributed by atoms with Crippen molar-refractivity contribution in [1.82, 2.24) is 20.5 Å². The number of aromatic nitrogens is 3. The lowest BCUT2D eigenvalue weighted by Crippen LogP contribution is -2.28. The number of fused-ring (bicyclic) bond motifs is 1. The van der Waals surface area contributed by atoms with Crippen LogP contribution in [0, 0.1) is 0 Å². The standard InChI is InChI=1S/C18H14F6N4O3/c1-9(12-3-2-4-14(26-12)30-8-17(19,20)21)25-16(29)15-11-6-5-10(31-18(22,23)24)7-13(11)27-28-15/h2-7,9H,8H2,1H3,(H,25,29)(H,27,28)/t9-/m1/s1. The van der Waals surface area contributed by atoms with Crippen molar-refractivity contribution in [3.8, 4) is 11.6 Å². The average molecular weight is 448 g/mol. The predicted octanol–water partition coefficient (Wildman–Crippen LogP) is 4.29. The van der Waals surface area contributed by atoms with Gasteiger partial charge in [-0.3, -0.25) is 9.89 Å². The summed E-state index contributed by atoms with van der Waals surface area (Å²) in [7, 11) is 0. The summed E-state index contributed by atoms with van der Waals surface area (Å²) in [5.41, 5.74) is 0.277. The van der Waals surface area contributed by atoms with Gasteiger partial charge >= 0.3 is 12.5 Å². The van der Waals surface area contributed by atoms with Gasteiger partial charge < -0.3 is 14.8 Å². The van der Waals surface area contributed by atoms with Crippen LogP contribution in [-0.2, 0) is 0 Å². The number of carbonyl (C=O) groups excluding carboxylic acids is 1. The number of ether oxygens (including phenoxy) is 2. The Balaban J connectivity index is 1.72. The molecule has 0 fully saturated rings. The van der Waals surface area contributed by atoms with E-state index in [1.165, 1.54) is 31.2 Å². The predicted molar refractivity (Wildman–Crippen MR) is 94.4 cm³/mol. The van der Waals surface area contributed by atoms with Gasteiger partial charge in [0.05, 0.1) is 17.3 Å². The van der Waals surface area contributed by atoms with Crippen LogP contribution >= 0.6 is 0 Å². The molecule has 13 heteroatoms. The molecule has 1 atom stereocenters. The van der Waals surface area contributed by atoms with E-state index in [9.17, 15) is 31.1 Å². The molecule has 2 N–H and O–H groups in total. The zero-order chi connectivity index (χ0) is 22.8. The first-order valence-electron chi connectivity index (χ1n) is 8.62. The second-order valence-electron chi connectivity index (χ2n) is 6.33. The van der Waals surface area contributed by atoms with E-state index >= 15 is 0 Å². The summed E-state index contributed by atoms with van der Waals surface area (Å²) in [6, 6.07) is 6.72. The third-order valence-electron chi connectivity index (χ3n) is 3.90. The zero-order valence-electron chi connectivity index (χ0n) is 15.6. The fraction of sp³-hybridized carbons (Fsp3) is 0.278. The Labute approximate surface area is 170 Å². The van der Waals surface area contributed by atoms with E-state index < -0.39 is 36.8 Å². The quantitative estimate of drug-likeness (QED) is 0.550. The van der Waals surface area contributed by atoms with Gasteiger partial charge in [-0.2, -0.15) is 18.3 Å². The third-order valence-corrected chi connectivity index (χ3v) is 3.90. The number of benzene rings is 1. The molecule has 166 valence electrons. The Kier molecular flexibility index (Phi) is 5.95. The molecule has 7 nitrogen and oxygen atoms in total. The number of nitrogens with zero attached hydrogens (tertiary/aromatic N) is 2. The lowest BCUT2D eigenvalue weighted by Gasteiger charge is -2.14. The van der Waals surface area contributed by atoms with Crippen molar-refractivity contribution in [2.24, 2.45) is 0 Å². The molecule has 31 heavy (non-hydrogen) atoms. The molecule has 0 bridgehead atoms. The zero-order valence-corrected chi connectivity index (χ0v) is 15.6. The smallest absolute Gasteiger partial charge is 0.468 e. The molecule has 2 aromatic heterocycles. The van der Waals surface area contributed by atoms with Gasteiger partial charge in [-0.05, 0) is 25.1 Å². The monoisotopic (exact) mass is 448 g/mol. The Morgan fingerprint density at radius 2 is 1.90 bits per heavy atom. The second-order valence-corrected chi connectivity index (χ2v) is 6.33. The first kappa shape index (κ1) is 22.2. The molecule has 0 aliphatic rings. The molecule has 2 heterocycles. The minimum absolute atomic E-state index is 0.0927. The molecule has 3 rings (SSSR count). The van der Waals surface area contributed by atoms with Crippen LogP contribution in [0.4, 0.5) is 26.3 Å². The van der Waals surface area contributed by atoms with E-state index in [2.05, 4.69) is 30.0 Å².